The molecule has 0 saturated heterocycles. The van der Waals surface area contributed by atoms with E-state index in [1.54, 1.807) is 36.1 Å². The summed E-state index contributed by atoms with van der Waals surface area (Å²) >= 11 is 1.64. The number of aryl methyl sites for hydroxylation is 1. The van der Waals surface area contributed by atoms with Gasteiger partial charge < -0.3 is 9.88 Å². The molecule has 20 heavy (non-hydrogen) atoms. The van der Waals surface area contributed by atoms with Gasteiger partial charge in [-0.3, -0.25) is 4.79 Å². The SMILES string of the molecule is Cc1ccc(CSCC(=O)N(C)Cc2ncc[nH]2)cc1. The number of amides is 1. The summed E-state index contributed by atoms with van der Waals surface area (Å²) in [5.41, 5.74) is 2.51. The van der Waals surface area contributed by atoms with Gasteiger partial charge in [-0.25, -0.2) is 4.98 Å². The average Bonchev–Trinajstić information content (AvgIpc) is 2.93. The highest BCUT2D eigenvalue weighted by molar-refractivity contribution is 7.99. The number of hydrogen-bond acceptors (Lipinski definition) is 3. The lowest BCUT2D eigenvalue weighted by molar-refractivity contribution is -0.127. The molecule has 106 valence electrons. The zero-order valence-corrected chi connectivity index (χ0v) is 12.6. The van der Waals surface area contributed by atoms with Crippen LogP contribution in [0.4, 0.5) is 0 Å². The lowest BCUT2D eigenvalue weighted by atomic mass is 10.2. The van der Waals surface area contributed by atoms with Gasteiger partial charge in [0.15, 0.2) is 0 Å². The van der Waals surface area contributed by atoms with Gasteiger partial charge in [0.25, 0.3) is 0 Å². The molecule has 0 fully saturated rings. The van der Waals surface area contributed by atoms with Gasteiger partial charge in [0, 0.05) is 25.2 Å². The Morgan fingerprint density at radius 2 is 2.10 bits per heavy atom. The number of thioether (sulfide) groups is 1. The minimum atomic E-state index is 0.124. The van der Waals surface area contributed by atoms with E-state index in [4.69, 9.17) is 0 Å². The van der Waals surface area contributed by atoms with Gasteiger partial charge in [-0.2, -0.15) is 0 Å². The molecule has 0 saturated carbocycles. The largest absolute Gasteiger partial charge is 0.347 e. The van der Waals surface area contributed by atoms with Gasteiger partial charge in [-0.05, 0) is 12.5 Å². The van der Waals surface area contributed by atoms with Gasteiger partial charge in [0.2, 0.25) is 5.91 Å². The second-order valence-electron chi connectivity index (χ2n) is 4.76. The second kappa shape index (κ2) is 7.14. The normalized spacial score (nSPS) is 10.5. The number of aromatic nitrogens is 2. The molecular weight excluding hydrogens is 270 g/mol. The van der Waals surface area contributed by atoms with E-state index in [0.717, 1.165) is 11.6 Å². The van der Waals surface area contributed by atoms with Gasteiger partial charge >= 0.3 is 0 Å². The van der Waals surface area contributed by atoms with Gasteiger partial charge in [-0.1, -0.05) is 29.8 Å². The fraction of sp³-hybridized carbons (Fsp3) is 0.333. The van der Waals surface area contributed by atoms with Crippen molar-refractivity contribution in [2.75, 3.05) is 12.8 Å². The first-order valence-electron chi connectivity index (χ1n) is 6.50. The third kappa shape index (κ3) is 4.42. The summed E-state index contributed by atoms with van der Waals surface area (Å²) in [4.78, 5) is 20.8. The van der Waals surface area contributed by atoms with E-state index in [-0.39, 0.29) is 5.91 Å². The van der Waals surface area contributed by atoms with Crippen molar-refractivity contribution in [3.8, 4) is 0 Å². The van der Waals surface area contributed by atoms with Crippen LogP contribution in [0.3, 0.4) is 0 Å². The van der Waals surface area contributed by atoms with Crippen LogP contribution >= 0.6 is 11.8 Å². The highest BCUT2D eigenvalue weighted by atomic mass is 32.2. The first kappa shape index (κ1) is 14.7. The first-order chi connectivity index (χ1) is 9.65. The lowest BCUT2D eigenvalue weighted by Gasteiger charge is -2.15. The van der Waals surface area contributed by atoms with Crippen LogP contribution in [-0.4, -0.2) is 33.6 Å². The molecule has 1 N–H and O–H groups in total. The van der Waals surface area contributed by atoms with Crippen molar-refractivity contribution < 1.29 is 4.79 Å². The third-order valence-electron chi connectivity index (χ3n) is 2.98. The van der Waals surface area contributed by atoms with Crippen molar-refractivity contribution in [3.05, 3.63) is 53.6 Å². The number of nitrogens with one attached hydrogen (secondary N) is 1. The number of carbonyl (C=O) groups excluding carboxylic acids is 1. The standard InChI is InChI=1S/C15H19N3OS/c1-12-3-5-13(6-4-12)10-20-11-15(19)18(2)9-14-16-7-8-17-14/h3-8H,9-11H2,1-2H3,(H,16,17). The minimum absolute atomic E-state index is 0.124. The van der Waals surface area contributed by atoms with E-state index >= 15 is 0 Å². The minimum Gasteiger partial charge on any atom is -0.347 e. The van der Waals surface area contributed by atoms with Gasteiger partial charge in [0.05, 0.1) is 12.3 Å². The molecule has 1 aromatic heterocycles. The predicted octanol–water partition coefficient (Wildman–Crippen LogP) is 2.61. The number of rotatable bonds is 6. The Morgan fingerprint density at radius 1 is 1.35 bits per heavy atom. The molecule has 5 heteroatoms. The number of aromatic amines is 1. The van der Waals surface area contributed by atoms with Crippen LogP contribution in [0.2, 0.25) is 0 Å². The maximum Gasteiger partial charge on any atom is 0.232 e. The molecule has 0 bridgehead atoms. The number of benzene rings is 1. The molecule has 0 aliphatic rings. The van der Waals surface area contributed by atoms with Crippen LogP contribution in [0.25, 0.3) is 0 Å². The van der Waals surface area contributed by atoms with Crippen LogP contribution in [-0.2, 0) is 17.1 Å². The molecule has 0 unspecified atom stereocenters. The number of nitrogens with zero attached hydrogens (tertiary/aromatic N) is 2. The summed E-state index contributed by atoms with van der Waals surface area (Å²) < 4.78 is 0. The molecular formula is C15H19N3OS. The Hall–Kier alpha value is -1.75. The van der Waals surface area contributed by atoms with Crippen molar-refractivity contribution in [3.63, 3.8) is 0 Å². The van der Waals surface area contributed by atoms with Crippen LogP contribution in [0.5, 0.6) is 0 Å². The van der Waals surface area contributed by atoms with Crippen LogP contribution in [0, 0.1) is 6.92 Å². The number of H-pyrrole nitrogens is 1. The molecule has 0 aliphatic carbocycles. The van der Waals surface area contributed by atoms with E-state index in [0.29, 0.717) is 12.3 Å². The zero-order chi connectivity index (χ0) is 14.4. The van der Waals surface area contributed by atoms with Crippen molar-refractivity contribution in [1.82, 2.24) is 14.9 Å². The number of carbonyl (C=O) groups is 1. The Bertz CT molecular complexity index is 537. The fourth-order valence-corrected chi connectivity index (χ4v) is 2.67. The molecule has 4 nitrogen and oxygen atoms in total. The summed E-state index contributed by atoms with van der Waals surface area (Å²) in [7, 11) is 1.80. The van der Waals surface area contributed by atoms with Crippen molar-refractivity contribution in [2.45, 2.75) is 19.2 Å². The summed E-state index contributed by atoms with van der Waals surface area (Å²) in [5, 5.41) is 0. The molecule has 0 atom stereocenters. The molecule has 1 heterocycles. The quantitative estimate of drug-likeness (QED) is 0.889. The van der Waals surface area contributed by atoms with E-state index in [9.17, 15) is 4.79 Å². The van der Waals surface area contributed by atoms with Crippen LogP contribution < -0.4 is 0 Å². The predicted molar refractivity (Wildman–Crippen MR) is 82.4 cm³/mol. The molecule has 2 aromatic rings. The highest BCUT2D eigenvalue weighted by Gasteiger charge is 2.10. The molecule has 2 rings (SSSR count). The van der Waals surface area contributed by atoms with E-state index in [1.807, 2.05) is 0 Å². The topological polar surface area (TPSA) is 49.0 Å². The van der Waals surface area contributed by atoms with Gasteiger partial charge in [0.1, 0.15) is 5.82 Å². The monoisotopic (exact) mass is 289 g/mol. The molecule has 0 spiro atoms. The highest BCUT2D eigenvalue weighted by Crippen LogP contribution is 2.13. The van der Waals surface area contributed by atoms with E-state index in [2.05, 4.69) is 41.2 Å². The van der Waals surface area contributed by atoms with Crippen molar-refractivity contribution in [2.24, 2.45) is 0 Å². The Labute approximate surface area is 123 Å². The summed E-state index contributed by atoms with van der Waals surface area (Å²) in [6.45, 7) is 2.60. The summed E-state index contributed by atoms with van der Waals surface area (Å²) in [6, 6.07) is 8.42. The number of imidazole rings is 1. The maximum atomic E-state index is 12.0. The summed E-state index contributed by atoms with van der Waals surface area (Å²) in [5.74, 6) is 2.29. The van der Waals surface area contributed by atoms with E-state index < -0.39 is 0 Å². The third-order valence-corrected chi connectivity index (χ3v) is 3.97. The molecule has 1 aromatic carbocycles. The smallest absolute Gasteiger partial charge is 0.232 e. The Balaban J connectivity index is 1.73. The zero-order valence-electron chi connectivity index (χ0n) is 11.8. The first-order valence-corrected chi connectivity index (χ1v) is 7.66. The Kier molecular flexibility index (Phi) is 5.24. The van der Waals surface area contributed by atoms with Crippen molar-refractivity contribution in [1.29, 1.82) is 0 Å². The fourth-order valence-electron chi connectivity index (χ4n) is 1.75. The van der Waals surface area contributed by atoms with Crippen molar-refractivity contribution >= 4 is 17.7 Å². The second-order valence-corrected chi connectivity index (χ2v) is 5.75. The Morgan fingerprint density at radius 3 is 2.75 bits per heavy atom. The van der Waals surface area contributed by atoms with Crippen LogP contribution in [0.15, 0.2) is 36.7 Å². The van der Waals surface area contributed by atoms with Crippen LogP contribution in [0.1, 0.15) is 17.0 Å². The number of hydrogen-bond donors (Lipinski definition) is 1. The lowest BCUT2D eigenvalue weighted by Crippen LogP contribution is -2.28. The molecule has 0 radical (unpaired) electrons. The average molecular weight is 289 g/mol. The molecule has 1 amide bonds. The molecule has 0 aliphatic heterocycles. The van der Waals surface area contributed by atoms with Gasteiger partial charge in [-0.15, -0.1) is 11.8 Å². The summed E-state index contributed by atoms with van der Waals surface area (Å²) in [6.07, 6.45) is 3.46. The maximum absolute atomic E-state index is 12.0. The van der Waals surface area contributed by atoms with E-state index in [1.165, 1.54) is 11.1 Å².